The first-order valence-corrected chi connectivity index (χ1v) is 8.03. The molecule has 0 radical (unpaired) electrons. The molecular formula is C17H27N3O. The first-order chi connectivity index (χ1) is 9.99. The number of carbonyl (C=O) groups excluding carboxylic acids is 1. The van der Waals surface area contributed by atoms with Crippen molar-refractivity contribution in [1.29, 1.82) is 0 Å². The molecule has 1 amide bonds. The molecule has 1 aliphatic rings. The zero-order valence-electron chi connectivity index (χ0n) is 13.6. The molecule has 0 spiro atoms. The summed E-state index contributed by atoms with van der Waals surface area (Å²) in [4.78, 5) is 16.9. The Labute approximate surface area is 127 Å². The average Bonchev–Trinajstić information content (AvgIpc) is 2.41. The highest BCUT2D eigenvalue weighted by molar-refractivity contribution is 5.95. The van der Waals surface area contributed by atoms with Crippen molar-refractivity contribution in [3.63, 3.8) is 0 Å². The van der Waals surface area contributed by atoms with Gasteiger partial charge in [-0.3, -0.25) is 4.79 Å². The van der Waals surface area contributed by atoms with Crippen molar-refractivity contribution < 1.29 is 4.79 Å². The lowest BCUT2D eigenvalue weighted by Gasteiger charge is -2.33. The first-order valence-electron chi connectivity index (χ1n) is 8.03. The Kier molecular flexibility index (Phi) is 5.21. The number of aromatic nitrogens is 1. The monoisotopic (exact) mass is 289 g/mol. The summed E-state index contributed by atoms with van der Waals surface area (Å²) in [6.07, 6.45) is 3.48. The van der Waals surface area contributed by atoms with Crippen molar-refractivity contribution in [1.82, 2.24) is 10.3 Å². The summed E-state index contributed by atoms with van der Waals surface area (Å²) in [5.41, 5.74) is 1.56. The quantitative estimate of drug-likeness (QED) is 0.893. The number of hydrogen-bond donors (Lipinski definition) is 2. The molecular weight excluding hydrogens is 262 g/mol. The lowest BCUT2D eigenvalue weighted by molar-refractivity contribution is 0.0899. The van der Waals surface area contributed by atoms with Crippen molar-refractivity contribution in [2.75, 3.05) is 11.9 Å². The fourth-order valence-corrected chi connectivity index (χ4v) is 3.20. The second kappa shape index (κ2) is 6.92. The van der Waals surface area contributed by atoms with Gasteiger partial charge < -0.3 is 10.6 Å². The molecule has 0 aliphatic heterocycles. The Hall–Kier alpha value is -1.58. The minimum Gasteiger partial charge on any atom is -0.370 e. The maximum Gasteiger partial charge on any atom is 0.251 e. The molecule has 0 aromatic carbocycles. The van der Waals surface area contributed by atoms with Crippen LogP contribution in [0.15, 0.2) is 12.1 Å². The molecule has 1 fully saturated rings. The Morgan fingerprint density at radius 2 is 2.10 bits per heavy atom. The van der Waals surface area contributed by atoms with Crippen LogP contribution in [0.25, 0.3) is 0 Å². The molecule has 116 valence electrons. The van der Waals surface area contributed by atoms with Crippen LogP contribution in [0.2, 0.25) is 0 Å². The molecule has 2 N–H and O–H groups in total. The Morgan fingerprint density at radius 3 is 2.76 bits per heavy atom. The molecule has 3 unspecified atom stereocenters. The van der Waals surface area contributed by atoms with Gasteiger partial charge in [-0.25, -0.2) is 4.98 Å². The molecule has 0 saturated heterocycles. The SMILES string of the molecule is CCNc1cc(C(=O)NC2CCC(C)CC2C)cc(C)n1. The smallest absolute Gasteiger partial charge is 0.251 e. The fourth-order valence-electron chi connectivity index (χ4n) is 3.20. The van der Waals surface area contributed by atoms with E-state index < -0.39 is 0 Å². The highest BCUT2D eigenvalue weighted by atomic mass is 16.1. The van der Waals surface area contributed by atoms with Crippen molar-refractivity contribution in [3.8, 4) is 0 Å². The van der Waals surface area contributed by atoms with Gasteiger partial charge >= 0.3 is 0 Å². The van der Waals surface area contributed by atoms with Gasteiger partial charge in [-0.05, 0) is 57.1 Å². The van der Waals surface area contributed by atoms with E-state index in [1.54, 1.807) is 0 Å². The second-order valence-corrected chi connectivity index (χ2v) is 6.39. The number of anilines is 1. The minimum atomic E-state index is 0.0195. The molecule has 4 nitrogen and oxygen atoms in total. The van der Waals surface area contributed by atoms with Crippen LogP contribution in [0.5, 0.6) is 0 Å². The summed E-state index contributed by atoms with van der Waals surface area (Å²) in [7, 11) is 0. The molecule has 1 aliphatic carbocycles. The Bertz CT molecular complexity index is 501. The van der Waals surface area contributed by atoms with Gasteiger partial charge in [-0.15, -0.1) is 0 Å². The van der Waals surface area contributed by atoms with Crippen molar-refractivity contribution >= 4 is 11.7 Å². The summed E-state index contributed by atoms with van der Waals surface area (Å²) in [6.45, 7) is 9.28. The largest absolute Gasteiger partial charge is 0.370 e. The topological polar surface area (TPSA) is 54.0 Å². The van der Waals surface area contributed by atoms with Crippen molar-refractivity contribution in [2.45, 2.75) is 53.0 Å². The number of carbonyl (C=O) groups is 1. The van der Waals surface area contributed by atoms with Crippen LogP contribution in [-0.4, -0.2) is 23.5 Å². The molecule has 1 heterocycles. The number of nitrogens with zero attached hydrogens (tertiary/aromatic N) is 1. The normalized spacial score (nSPS) is 25.4. The number of hydrogen-bond acceptors (Lipinski definition) is 3. The van der Waals surface area contributed by atoms with Crippen LogP contribution in [-0.2, 0) is 0 Å². The van der Waals surface area contributed by atoms with E-state index in [4.69, 9.17) is 0 Å². The van der Waals surface area contributed by atoms with Gasteiger partial charge in [0.15, 0.2) is 0 Å². The van der Waals surface area contributed by atoms with E-state index in [0.717, 1.165) is 30.4 Å². The molecule has 21 heavy (non-hydrogen) atoms. The summed E-state index contributed by atoms with van der Waals surface area (Å²) in [6, 6.07) is 3.98. The van der Waals surface area contributed by atoms with E-state index in [0.29, 0.717) is 17.5 Å². The third-order valence-corrected chi connectivity index (χ3v) is 4.32. The van der Waals surface area contributed by atoms with Gasteiger partial charge in [0.05, 0.1) is 0 Å². The highest BCUT2D eigenvalue weighted by Crippen LogP contribution is 2.28. The van der Waals surface area contributed by atoms with E-state index in [2.05, 4.69) is 29.5 Å². The molecule has 2 rings (SSSR count). The van der Waals surface area contributed by atoms with Crippen LogP contribution in [0.3, 0.4) is 0 Å². The minimum absolute atomic E-state index is 0.0195. The third-order valence-electron chi connectivity index (χ3n) is 4.32. The van der Waals surface area contributed by atoms with E-state index in [1.807, 2.05) is 26.0 Å². The second-order valence-electron chi connectivity index (χ2n) is 6.39. The van der Waals surface area contributed by atoms with Gasteiger partial charge in [0, 0.05) is 23.8 Å². The van der Waals surface area contributed by atoms with E-state index in [9.17, 15) is 4.79 Å². The lowest BCUT2D eigenvalue weighted by Crippen LogP contribution is -2.42. The predicted molar refractivity (Wildman–Crippen MR) is 86.6 cm³/mol. The Morgan fingerprint density at radius 1 is 1.33 bits per heavy atom. The molecule has 1 aromatic rings. The average molecular weight is 289 g/mol. The molecule has 4 heteroatoms. The van der Waals surface area contributed by atoms with Crippen LogP contribution in [0.4, 0.5) is 5.82 Å². The maximum absolute atomic E-state index is 12.5. The van der Waals surface area contributed by atoms with Crippen LogP contribution in [0.1, 0.15) is 56.1 Å². The predicted octanol–water partition coefficient (Wildman–Crippen LogP) is 3.38. The maximum atomic E-state index is 12.5. The fraction of sp³-hybridized carbons (Fsp3) is 0.647. The van der Waals surface area contributed by atoms with Gasteiger partial charge in [0.1, 0.15) is 5.82 Å². The zero-order valence-corrected chi connectivity index (χ0v) is 13.6. The molecule has 1 saturated carbocycles. The number of rotatable bonds is 4. The first kappa shape index (κ1) is 15.8. The van der Waals surface area contributed by atoms with Gasteiger partial charge in [0.25, 0.3) is 5.91 Å². The summed E-state index contributed by atoms with van der Waals surface area (Å²) < 4.78 is 0. The summed E-state index contributed by atoms with van der Waals surface area (Å²) in [5.74, 6) is 2.12. The van der Waals surface area contributed by atoms with Crippen LogP contribution >= 0.6 is 0 Å². The summed E-state index contributed by atoms with van der Waals surface area (Å²) in [5, 5.41) is 6.38. The van der Waals surface area contributed by atoms with Gasteiger partial charge in [-0.2, -0.15) is 0 Å². The number of amides is 1. The third kappa shape index (κ3) is 4.19. The zero-order chi connectivity index (χ0) is 15.4. The molecule has 0 bridgehead atoms. The standard InChI is InChI=1S/C17H27N3O/c1-5-18-16-10-14(9-13(4)19-16)17(21)20-15-7-6-11(2)8-12(15)3/h9-12,15H,5-8H2,1-4H3,(H,18,19)(H,20,21). The van der Waals surface area contributed by atoms with Crippen molar-refractivity contribution in [3.05, 3.63) is 23.4 Å². The summed E-state index contributed by atoms with van der Waals surface area (Å²) >= 11 is 0. The van der Waals surface area contributed by atoms with E-state index in [1.165, 1.54) is 12.8 Å². The van der Waals surface area contributed by atoms with Gasteiger partial charge in [-0.1, -0.05) is 13.8 Å². The lowest BCUT2D eigenvalue weighted by atomic mass is 9.80. The highest BCUT2D eigenvalue weighted by Gasteiger charge is 2.26. The van der Waals surface area contributed by atoms with Crippen LogP contribution < -0.4 is 10.6 Å². The molecule has 1 aromatic heterocycles. The van der Waals surface area contributed by atoms with E-state index in [-0.39, 0.29) is 5.91 Å². The number of aryl methyl sites for hydroxylation is 1. The van der Waals surface area contributed by atoms with Crippen LogP contribution in [0, 0.1) is 18.8 Å². The Balaban J connectivity index is 2.06. The number of pyridine rings is 1. The number of nitrogens with one attached hydrogen (secondary N) is 2. The van der Waals surface area contributed by atoms with Crippen molar-refractivity contribution in [2.24, 2.45) is 11.8 Å². The van der Waals surface area contributed by atoms with Gasteiger partial charge in [0.2, 0.25) is 0 Å². The van der Waals surface area contributed by atoms with E-state index >= 15 is 0 Å². The molecule has 3 atom stereocenters.